The Morgan fingerprint density at radius 3 is 2.47 bits per heavy atom. The molecule has 1 aromatic carbocycles. The topological polar surface area (TPSA) is 82.7 Å². The number of nitrogens with zero attached hydrogens (tertiary/aromatic N) is 2. The quantitative estimate of drug-likeness (QED) is 0.762. The van der Waals surface area contributed by atoms with E-state index in [0.717, 1.165) is 25.7 Å². The SMILES string of the molecule is O=C(c1cc(S(=O)(=O)N2CCOCC2)c[nH]1)N1CCC(CCc2ccccc2)CC1. The number of H-pyrrole nitrogens is 1. The molecule has 0 radical (unpaired) electrons. The van der Waals surface area contributed by atoms with E-state index in [0.29, 0.717) is 51.0 Å². The van der Waals surface area contributed by atoms with Gasteiger partial charge in [0.2, 0.25) is 10.0 Å². The summed E-state index contributed by atoms with van der Waals surface area (Å²) in [4.78, 5) is 17.7. The van der Waals surface area contributed by atoms with Crippen LogP contribution in [0.4, 0.5) is 0 Å². The number of likely N-dealkylation sites (tertiary alicyclic amines) is 1. The minimum absolute atomic E-state index is 0.125. The number of piperidine rings is 1. The molecule has 1 amide bonds. The molecule has 7 nitrogen and oxygen atoms in total. The molecule has 1 aromatic heterocycles. The van der Waals surface area contributed by atoms with Crippen molar-refractivity contribution in [3.8, 4) is 0 Å². The van der Waals surface area contributed by atoms with Crippen LogP contribution in [-0.4, -0.2) is 67.9 Å². The number of hydrogen-bond acceptors (Lipinski definition) is 4. The van der Waals surface area contributed by atoms with E-state index in [2.05, 4.69) is 29.2 Å². The van der Waals surface area contributed by atoms with Crippen LogP contribution in [0.25, 0.3) is 0 Å². The van der Waals surface area contributed by atoms with Gasteiger partial charge in [-0.15, -0.1) is 0 Å². The van der Waals surface area contributed by atoms with E-state index >= 15 is 0 Å². The van der Waals surface area contributed by atoms with Crippen LogP contribution >= 0.6 is 0 Å². The van der Waals surface area contributed by atoms with Crippen LogP contribution in [0.2, 0.25) is 0 Å². The van der Waals surface area contributed by atoms with Crippen molar-refractivity contribution >= 4 is 15.9 Å². The van der Waals surface area contributed by atoms with E-state index in [4.69, 9.17) is 4.74 Å². The molecule has 8 heteroatoms. The van der Waals surface area contributed by atoms with E-state index in [1.165, 1.54) is 22.1 Å². The highest BCUT2D eigenvalue weighted by Gasteiger charge is 2.29. The molecule has 30 heavy (non-hydrogen) atoms. The van der Waals surface area contributed by atoms with Crippen molar-refractivity contribution in [3.05, 3.63) is 53.9 Å². The summed E-state index contributed by atoms with van der Waals surface area (Å²) in [5.74, 6) is 0.495. The summed E-state index contributed by atoms with van der Waals surface area (Å²) in [6.07, 6.45) is 5.59. The number of ether oxygens (including phenoxy) is 1. The smallest absolute Gasteiger partial charge is 0.270 e. The summed E-state index contributed by atoms with van der Waals surface area (Å²) >= 11 is 0. The third-order valence-electron chi connectivity index (χ3n) is 6.08. The van der Waals surface area contributed by atoms with Gasteiger partial charge in [0.1, 0.15) is 10.6 Å². The maximum atomic E-state index is 12.9. The van der Waals surface area contributed by atoms with Gasteiger partial charge in [0.25, 0.3) is 5.91 Å². The number of rotatable bonds is 6. The number of hydrogen-bond donors (Lipinski definition) is 1. The van der Waals surface area contributed by atoms with Crippen LogP contribution in [0.15, 0.2) is 47.5 Å². The Morgan fingerprint density at radius 1 is 1.07 bits per heavy atom. The standard InChI is InChI=1S/C22H29N3O4S/c26-22(21-16-20(17-23-21)30(27,28)25-12-14-29-15-13-25)24-10-8-19(9-11-24)7-6-18-4-2-1-3-5-18/h1-5,16-17,19,23H,6-15H2. The Hall–Kier alpha value is -2.16. The summed E-state index contributed by atoms with van der Waals surface area (Å²) in [7, 11) is -3.60. The predicted octanol–water partition coefficient (Wildman–Crippen LogP) is 2.52. The third-order valence-corrected chi connectivity index (χ3v) is 7.96. The van der Waals surface area contributed by atoms with Gasteiger partial charge in [-0.3, -0.25) is 4.79 Å². The van der Waals surface area contributed by atoms with E-state index < -0.39 is 10.0 Å². The van der Waals surface area contributed by atoms with Gasteiger partial charge in [0.15, 0.2) is 0 Å². The Labute approximate surface area is 178 Å². The van der Waals surface area contributed by atoms with Crippen molar-refractivity contribution in [3.63, 3.8) is 0 Å². The Kier molecular flexibility index (Phi) is 6.55. The average Bonchev–Trinajstić information content (AvgIpc) is 3.30. The minimum atomic E-state index is -3.60. The Morgan fingerprint density at radius 2 is 1.77 bits per heavy atom. The van der Waals surface area contributed by atoms with Crippen LogP contribution in [0.1, 0.15) is 35.3 Å². The number of aryl methyl sites for hydroxylation is 1. The zero-order valence-corrected chi connectivity index (χ0v) is 17.9. The zero-order valence-electron chi connectivity index (χ0n) is 17.1. The molecule has 3 heterocycles. The maximum absolute atomic E-state index is 12.9. The average molecular weight is 432 g/mol. The number of benzene rings is 1. The monoisotopic (exact) mass is 431 g/mol. The molecule has 0 saturated carbocycles. The number of carbonyl (C=O) groups is 1. The lowest BCUT2D eigenvalue weighted by atomic mass is 9.90. The number of carbonyl (C=O) groups excluding carboxylic acids is 1. The minimum Gasteiger partial charge on any atom is -0.379 e. The van der Waals surface area contributed by atoms with Crippen molar-refractivity contribution in [2.24, 2.45) is 5.92 Å². The van der Waals surface area contributed by atoms with Gasteiger partial charge in [-0.1, -0.05) is 30.3 Å². The number of amides is 1. The zero-order chi connectivity index (χ0) is 21.0. The summed E-state index contributed by atoms with van der Waals surface area (Å²) in [6.45, 7) is 2.90. The van der Waals surface area contributed by atoms with Gasteiger partial charge in [-0.2, -0.15) is 4.31 Å². The highest BCUT2D eigenvalue weighted by atomic mass is 32.2. The van der Waals surface area contributed by atoms with Gasteiger partial charge in [-0.25, -0.2) is 8.42 Å². The second kappa shape index (κ2) is 9.32. The summed E-state index contributed by atoms with van der Waals surface area (Å²) in [5, 5.41) is 0. The highest BCUT2D eigenvalue weighted by Crippen LogP contribution is 2.24. The molecule has 1 N–H and O–H groups in total. The first-order valence-electron chi connectivity index (χ1n) is 10.6. The summed E-state index contributed by atoms with van der Waals surface area (Å²) in [6, 6.07) is 12.0. The van der Waals surface area contributed by atoms with Crippen LogP contribution in [0.5, 0.6) is 0 Å². The first-order chi connectivity index (χ1) is 14.5. The largest absolute Gasteiger partial charge is 0.379 e. The van der Waals surface area contributed by atoms with E-state index in [-0.39, 0.29) is 10.8 Å². The van der Waals surface area contributed by atoms with Crippen LogP contribution < -0.4 is 0 Å². The third kappa shape index (κ3) is 4.77. The van der Waals surface area contributed by atoms with Crippen LogP contribution in [-0.2, 0) is 21.2 Å². The fourth-order valence-electron chi connectivity index (χ4n) is 4.19. The van der Waals surface area contributed by atoms with Crippen molar-refractivity contribution < 1.29 is 17.9 Å². The molecule has 0 bridgehead atoms. The number of aromatic amines is 1. The van der Waals surface area contributed by atoms with Crippen molar-refractivity contribution in [1.29, 1.82) is 0 Å². The summed E-state index contributed by atoms with van der Waals surface area (Å²) < 4.78 is 32.2. The molecule has 0 unspecified atom stereocenters. The van der Waals surface area contributed by atoms with Gasteiger partial charge < -0.3 is 14.6 Å². The van der Waals surface area contributed by atoms with Crippen LogP contribution in [0.3, 0.4) is 0 Å². The molecule has 4 rings (SSSR count). The van der Waals surface area contributed by atoms with Gasteiger partial charge in [0, 0.05) is 32.4 Å². The number of aromatic nitrogens is 1. The maximum Gasteiger partial charge on any atom is 0.270 e. The van der Waals surface area contributed by atoms with Crippen molar-refractivity contribution in [1.82, 2.24) is 14.2 Å². The number of sulfonamides is 1. The number of morpholine rings is 1. The van der Waals surface area contributed by atoms with Crippen LogP contribution in [0, 0.1) is 5.92 Å². The van der Waals surface area contributed by atoms with E-state index in [1.54, 1.807) is 0 Å². The molecule has 0 aliphatic carbocycles. The lowest BCUT2D eigenvalue weighted by Crippen LogP contribution is -2.40. The molecule has 2 fully saturated rings. The molecule has 2 aliphatic rings. The second-order valence-corrected chi connectivity index (χ2v) is 9.96. The lowest BCUT2D eigenvalue weighted by molar-refractivity contribution is 0.0681. The molecular weight excluding hydrogens is 402 g/mol. The van der Waals surface area contributed by atoms with E-state index in [9.17, 15) is 13.2 Å². The molecule has 162 valence electrons. The molecule has 2 saturated heterocycles. The van der Waals surface area contributed by atoms with Gasteiger partial charge in [0.05, 0.1) is 13.2 Å². The normalized spacial score (nSPS) is 19.1. The van der Waals surface area contributed by atoms with Gasteiger partial charge in [-0.05, 0) is 43.2 Å². The summed E-state index contributed by atoms with van der Waals surface area (Å²) in [5.41, 5.74) is 1.70. The molecule has 2 aromatic rings. The first kappa shape index (κ1) is 21.1. The first-order valence-corrected chi connectivity index (χ1v) is 12.1. The molecule has 0 atom stereocenters. The van der Waals surface area contributed by atoms with Gasteiger partial charge >= 0.3 is 0 Å². The predicted molar refractivity (Wildman–Crippen MR) is 114 cm³/mol. The Balaban J connectivity index is 1.31. The van der Waals surface area contributed by atoms with Crippen molar-refractivity contribution in [2.45, 2.75) is 30.6 Å². The molecule has 0 spiro atoms. The Bertz CT molecular complexity index is 944. The second-order valence-electron chi connectivity index (χ2n) is 8.03. The molecule has 2 aliphatic heterocycles. The van der Waals surface area contributed by atoms with E-state index in [1.807, 2.05) is 11.0 Å². The van der Waals surface area contributed by atoms with Crippen molar-refractivity contribution in [2.75, 3.05) is 39.4 Å². The fourth-order valence-corrected chi connectivity index (χ4v) is 5.60. The molecular formula is C22H29N3O4S. The fraction of sp³-hybridized carbons (Fsp3) is 0.500. The lowest BCUT2D eigenvalue weighted by Gasteiger charge is -2.31. The number of nitrogens with one attached hydrogen (secondary N) is 1. The highest BCUT2D eigenvalue weighted by molar-refractivity contribution is 7.89.